The van der Waals surface area contributed by atoms with Gasteiger partial charge in [0.15, 0.2) is 0 Å². The smallest absolute Gasteiger partial charge is 0.243 e. The van der Waals surface area contributed by atoms with Crippen LogP contribution in [0.5, 0.6) is 0 Å². The maximum absolute atomic E-state index is 13.2. The Morgan fingerprint density at radius 3 is 2.24 bits per heavy atom. The molecule has 8 nitrogen and oxygen atoms in total. The van der Waals surface area contributed by atoms with Crippen LogP contribution in [0, 0.1) is 0 Å². The van der Waals surface area contributed by atoms with Crippen molar-refractivity contribution in [3.05, 3.63) is 90.4 Å². The molecule has 1 atom stereocenters. The molecular formula is C24H27N3O5S. The van der Waals surface area contributed by atoms with Crippen molar-refractivity contribution in [3.8, 4) is 0 Å². The Labute approximate surface area is 193 Å². The average Bonchev–Trinajstić information content (AvgIpc) is 3.36. The number of nitrogens with one attached hydrogen (secondary N) is 2. The lowest BCUT2D eigenvalue weighted by molar-refractivity contribution is -0.140. The largest absolute Gasteiger partial charge is 0.467 e. The van der Waals surface area contributed by atoms with E-state index in [2.05, 4.69) is 10.0 Å². The first-order valence-electron chi connectivity index (χ1n) is 10.6. The van der Waals surface area contributed by atoms with Crippen LogP contribution in [0.25, 0.3) is 0 Å². The van der Waals surface area contributed by atoms with E-state index in [-0.39, 0.29) is 23.9 Å². The first kappa shape index (κ1) is 24.2. The minimum Gasteiger partial charge on any atom is -0.467 e. The standard InChI is InChI=1S/C24H27N3O5S/c1-2-22(24(29)25-16-20-12-9-15-32-20)27(18-19-10-5-3-6-11-19)23(28)17-26-33(30,31)21-13-7-4-8-14-21/h3-15,22,26H,2,16-18H2,1H3,(H,25,29)/t22-/m1/s1. The van der Waals surface area contributed by atoms with Gasteiger partial charge in [-0.05, 0) is 36.2 Å². The average molecular weight is 470 g/mol. The molecule has 2 N–H and O–H groups in total. The number of carbonyl (C=O) groups excluding carboxylic acids is 2. The van der Waals surface area contributed by atoms with E-state index in [0.717, 1.165) is 5.56 Å². The summed E-state index contributed by atoms with van der Waals surface area (Å²) < 4.78 is 32.7. The summed E-state index contributed by atoms with van der Waals surface area (Å²) >= 11 is 0. The Hall–Kier alpha value is -3.43. The van der Waals surface area contributed by atoms with Gasteiger partial charge in [0.1, 0.15) is 11.8 Å². The molecule has 0 aliphatic rings. The molecule has 0 saturated carbocycles. The van der Waals surface area contributed by atoms with E-state index in [9.17, 15) is 18.0 Å². The Kier molecular flexibility index (Phi) is 8.39. The summed E-state index contributed by atoms with van der Waals surface area (Å²) in [6.07, 6.45) is 1.87. The second kappa shape index (κ2) is 11.4. The van der Waals surface area contributed by atoms with Crippen LogP contribution in [-0.2, 0) is 32.7 Å². The highest BCUT2D eigenvalue weighted by atomic mass is 32.2. The van der Waals surface area contributed by atoms with Crippen LogP contribution in [-0.4, -0.2) is 37.7 Å². The summed E-state index contributed by atoms with van der Waals surface area (Å²) in [5.74, 6) is -0.253. The van der Waals surface area contributed by atoms with Crippen LogP contribution in [0.1, 0.15) is 24.7 Å². The first-order chi connectivity index (χ1) is 15.9. The maximum atomic E-state index is 13.2. The van der Waals surface area contributed by atoms with Crippen molar-refractivity contribution in [3.63, 3.8) is 0 Å². The third-order valence-electron chi connectivity index (χ3n) is 5.07. The molecule has 0 bridgehead atoms. The van der Waals surface area contributed by atoms with Crippen molar-refractivity contribution in [2.75, 3.05) is 6.54 Å². The summed E-state index contributed by atoms with van der Waals surface area (Å²) in [4.78, 5) is 27.6. The maximum Gasteiger partial charge on any atom is 0.243 e. The van der Waals surface area contributed by atoms with E-state index in [4.69, 9.17) is 4.42 Å². The van der Waals surface area contributed by atoms with E-state index in [1.54, 1.807) is 37.3 Å². The van der Waals surface area contributed by atoms with Crippen molar-refractivity contribution in [1.29, 1.82) is 0 Å². The number of furan rings is 1. The normalized spacial score (nSPS) is 12.2. The van der Waals surface area contributed by atoms with Crippen LogP contribution in [0.15, 0.2) is 88.4 Å². The summed E-state index contributed by atoms with van der Waals surface area (Å²) in [7, 11) is -3.86. The van der Waals surface area contributed by atoms with Gasteiger partial charge in [0.05, 0.1) is 24.2 Å². The van der Waals surface area contributed by atoms with Crippen LogP contribution >= 0.6 is 0 Å². The molecule has 1 aromatic heterocycles. The molecule has 0 aliphatic carbocycles. The molecule has 3 rings (SSSR count). The molecule has 0 fully saturated rings. The SMILES string of the molecule is CC[C@H](C(=O)NCc1ccco1)N(Cc1ccccc1)C(=O)CNS(=O)(=O)c1ccccc1. The number of hydrogen-bond donors (Lipinski definition) is 2. The fourth-order valence-corrected chi connectivity index (χ4v) is 4.34. The fraction of sp³-hybridized carbons (Fsp3) is 0.250. The summed E-state index contributed by atoms with van der Waals surface area (Å²) in [5.41, 5.74) is 0.828. The minimum absolute atomic E-state index is 0.0654. The van der Waals surface area contributed by atoms with E-state index >= 15 is 0 Å². The zero-order chi connectivity index (χ0) is 23.7. The molecule has 0 radical (unpaired) electrons. The van der Waals surface area contributed by atoms with Crippen molar-refractivity contribution < 1.29 is 22.4 Å². The van der Waals surface area contributed by atoms with Crippen LogP contribution in [0.4, 0.5) is 0 Å². The molecule has 0 spiro atoms. The van der Waals surface area contributed by atoms with Gasteiger partial charge in [-0.3, -0.25) is 9.59 Å². The second-order valence-corrected chi connectivity index (χ2v) is 9.13. The van der Waals surface area contributed by atoms with Gasteiger partial charge >= 0.3 is 0 Å². The third-order valence-corrected chi connectivity index (χ3v) is 6.48. The van der Waals surface area contributed by atoms with Crippen molar-refractivity contribution in [2.24, 2.45) is 0 Å². The number of amides is 2. The van der Waals surface area contributed by atoms with Crippen LogP contribution in [0.3, 0.4) is 0 Å². The van der Waals surface area contributed by atoms with Gasteiger partial charge in [0.25, 0.3) is 0 Å². The topological polar surface area (TPSA) is 109 Å². The molecule has 33 heavy (non-hydrogen) atoms. The molecule has 2 amide bonds. The lowest BCUT2D eigenvalue weighted by Crippen LogP contribution is -2.51. The monoisotopic (exact) mass is 469 g/mol. The summed E-state index contributed by atoms with van der Waals surface area (Å²) in [5, 5.41) is 2.79. The number of rotatable bonds is 11. The number of carbonyl (C=O) groups is 2. The Morgan fingerprint density at radius 2 is 1.64 bits per heavy atom. The molecule has 1 heterocycles. The van der Waals surface area contributed by atoms with E-state index < -0.39 is 28.5 Å². The second-order valence-electron chi connectivity index (χ2n) is 7.37. The molecule has 0 aliphatic heterocycles. The number of sulfonamides is 1. The fourth-order valence-electron chi connectivity index (χ4n) is 3.35. The van der Waals surface area contributed by atoms with Gasteiger partial charge in [-0.2, -0.15) is 0 Å². The van der Waals surface area contributed by atoms with Gasteiger partial charge in [-0.15, -0.1) is 0 Å². The zero-order valence-electron chi connectivity index (χ0n) is 18.3. The number of benzene rings is 2. The highest BCUT2D eigenvalue weighted by Crippen LogP contribution is 2.13. The van der Waals surface area contributed by atoms with E-state index in [1.165, 1.54) is 23.3 Å². The molecule has 3 aromatic rings. The quantitative estimate of drug-likeness (QED) is 0.449. The zero-order valence-corrected chi connectivity index (χ0v) is 19.1. The molecule has 0 unspecified atom stereocenters. The highest BCUT2D eigenvalue weighted by Gasteiger charge is 2.29. The van der Waals surface area contributed by atoms with Gasteiger partial charge in [-0.25, -0.2) is 13.1 Å². The van der Waals surface area contributed by atoms with Crippen LogP contribution < -0.4 is 10.0 Å². The van der Waals surface area contributed by atoms with Crippen molar-refractivity contribution >= 4 is 21.8 Å². The Morgan fingerprint density at radius 1 is 0.970 bits per heavy atom. The lowest BCUT2D eigenvalue weighted by Gasteiger charge is -2.30. The Balaban J connectivity index is 1.75. The molecule has 0 saturated heterocycles. The highest BCUT2D eigenvalue weighted by molar-refractivity contribution is 7.89. The van der Waals surface area contributed by atoms with Gasteiger partial charge in [-0.1, -0.05) is 55.5 Å². The minimum atomic E-state index is -3.86. The van der Waals surface area contributed by atoms with Crippen molar-refractivity contribution in [2.45, 2.75) is 37.4 Å². The Bertz CT molecular complexity index is 1130. The first-order valence-corrected chi connectivity index (χ1v) is 12.1. The van der Waals surface area contributed by atoms with Gasteiger partial charge in [0, 0.05) is 6.54 Å². The van der Waals surface area contributed by atoms with Gasteiger partial charge < -0.3 is 14.6 Å². The molecule has 174 valence electrons. The lowest BCUT2D eigenvalue weighted by atomic mass is 10.1. The van der Waals surface area contributed by atoms with E-state index in [1.807, 2.05) is 30.3 Å². The summed E-state index contributed by atoms with van der Waals surface area (Å²) in [6, 6.07) is 19.7. The molecule has 9 heteroatoms. The predicted molar refractivity (Wildman–Crippen MR) is 123 cm³/mol. The number of nitrogens with zero attached hydrogens (tertiary/aromatic N) is 1. The summed E-state index contributed by atoms with van der Waals surface area (Å²) in [6.45, 7) is 1.69. The van der Waals surface area contributed by atoms with E-state index in [0.29, 0.717) is 12.2 Å². The third kappa shape index (κ3) is 6.77. The predicted octanol–water partition coefficient (Wildman–Crippen LogP) is 2.68. The van der Waals surface area contributed by atoms with Crippen molar-refractivity contribution in [1.82, 2.24) is 14.9 Å². The van der Waals surface area contributed by atoms with Crippen LogP contribution in [0.2, 0.25) is 0 Å². The molecular weight excluding hydrogens is 442 g/mol. The number of hydrogen-bond acceptors (Lipinski definition) is 5. The van der Waals surface area contributed by atoms with Gasteiger partial charge in [0.2, 0.25) is 21.8 Å². The molecule has 2 aromatic carbocycles.